The molecule has 0 aliphatic carbocycles. The molecule has 1 aliphatic heterocycles. The molecule has 1 N–H and O–H groups in total. The molecule has 2 heterocycles. The molecule has 142 valence electrons. The number of benzene rings is 2. The van der Waals surface area contributed by atoms with Crippen molar-refractivity contribution in [1.29, 1.82) is 0 Å². The highest BCUT2D eigenvalue weighted by Crippen LogP contribution is 2.45. The second kappa shape index (κ2) is 6.61. The number of aromatic hydroxyl groups is 1. The van der Waals surface area contributed by atoms with E-state index in [1.807, 2.05) is 24.3 Å². The second-order valence-corrected chi connectivity index (χ2v) is 8.07. The number of hydrogen-bond acceptors (Lipinski definition) is 3. The number of nitrogens with zero attached hydrogens (tertiary/aromatic N) is 1. The molecular formula is C23H27NO3. The van der Waals surface area contributed by atoms with Crippen molar-refractivity contribution in [2.75, 3.05) is 7.11 Å². The second-order valence-electron chi connectivity index (χ2n) is 8.07. The van der Waals surface area contributed by atoms with Crippen molar-refractivity contribution in [3.05, 3.63) is 59.8 Å². The number of para-hydroxylation sites is 1. The molecule has 0 unspecified atom stereocenters. The van der Waals surface area contributed by atoms with Crippen molar-refractivity contribution in [1.82, 2.24) is 4.57 Å². The highest BCUT2D eigenvalue weighted by molar-refractivity contribution is 5.86. The van der Waals surface area contributed by atoms with Gasteiger partial charge in [0.25, 0.3) is 0 Å². The number of rotatable bonds is 4. The number of aryl methyl sites for hydroxylation is 1. The van der Waals surface area contributed by atoms with Crippen molar-refractivity contribution >= 4 is 10.9 Å². The Hall–Kier alpha value is -2.46. The first kappa shape index (κ1) is 17.9. The number of hydrogen-bond donors (Lipinski definition) is 1. The highest BCUT2D eigenvalue weighted by Gasteiger charge is 2.39. The van der Waals surface area contributed by atoms with E-state index < -0.39 is 0 Å². The molecule has 1 aromatic heterocycles. The van der Waals surface area contributed by atoms with Crippen LogP contribution in [0.2, 0.25) is 0 Å². The summed E-state index contributed by atoms with van der Waals surface area (Å²) in [5.41, 5.74) is 3.07. The van der Waals surface area contributed by atoms with Crippen LogP contribution in [0, 0.1) is 0 Å². The molecular weight excluding hydrogens is 338 g/mol. The standard InChI is InChI=1S/C23H27NO3/c1-23(2)12-11-21(27-23)22(16-7-5-6-8-20(16)25)18-14-24(3)19-10-9-15(26-4)13-17(18)19/h5-10,13-14,21-22,25H,11-12H2,1-4H3/t21-,22+/m1/s1. The van der Waals surface area contributed by atoms with Crippen LogP contribution in [-0.2, 0) is 11.8 Å². The number of aromatic nitrogens is 1. The Labute approximate surface area is 160 Å². The molecule has 2 aromatic carbocycles. The van der Waals surface area contributed by atoms with Gasteiger partial charge >= 0.3 is 0 Å². The Bertz CT molecular complexity index is 973. The SMILES string of the molecule is COc1ccc2c(c1)c([C@H](c1ccccc1O)[C@H]1CCC(C)(C)O1)cn2C. The summed E-state index contributed by atoms with van der Waals surface area (Å²) >= 11 is 0. The van der Waals surface area contributed by atoms with Crippen molar-refractivity contribution in [2.45, 2.75) is 44.3 Å². The van der Waals surface area contributed by atoms with Crippen molar-refractivity contribution in [3.8, 4) is 11.5 Å². The Kier molecular flexibility index (Phi) is 4.39. The van der Waals surface area contributed by atoms with Crippen LogP contribution in [0.3, 0.4) is 0 Å². The fraction of sp³-hybridized carbons (Fsp3) is 0.391. The summed E-state index contributed by atoms with van der Waals surface area (Å²) in [5, 5.41) is 11.8. The fourth-order valence-electron chi connectivity index (χ4n) is 4.35. The highest BCUT2D eigenvalue weighted by atomic mass is 16.5. The number of methoxy groups -OCH3 is 1. The average Bonchev–Trinajstić information content (AvgIpc) is 3.16. The van der Waals surface area contributed by atoms with Gasteiger partial charge in [-0.15, -0.1) is 0 Å². The van der Waals surface area contributed by atoms with E-state index in [1.54, 1.807) is 13.2 Å². The minimum absolute atomic E-state index is 0.0186. The first-order chi connectivity index (χ1) is 12.9. The predicted octanol–water partition coefficient (Wildman–Crippen LogP) is 4.98. The Morgan fingerprint density at radius 1 is 1.19 bits per heavy atom. The quantitative estimate of drug-likeness (QED) is 0.709. The molecule has 1 aliphatic rings. The topological polar surface area (TPSA) is 43.6 Å². The van der Waals surface area contributed by atoms with Crippen LogP contribution in [0.1, 0.15) is 43.7 Å². The molecule has 4 nitrogen and oxygen atoms in total. The zero-order valence-electron chi connectivity index (χ0n) is 16.4. The lowest BCUT2D eigenvalue weighted by Crippen LogP contribution is -2.25. The van der Waals surface area contributed by atoms with Crippen LogP contribution in [0.25, 0.3) is 10.9 Å². The van der Waals surface area contributed by atoms with Crippen LogP contribution in [0.15, 0.2) is 48.7 Å². The van der Waals surface area contributed by atoms with Gasteiger partial charge in [-0.1, -0.05) is 18.2 Å². The Morgan fingerprint density at radius 2 is 1.96 bits per heavy atom. The molecule has 27 heavy (non-hydrogen) atoms. The normalized spacial score (nSPS) is 20.1. The lowest BCUT2D eigenvalue weighted by molar-refractivity contribution is -0.0216. The first-order valence-corrected chi connectivity index (χ1v) is 9.48. The number of phenolic OH excluding ortho intramolecular Hbond substituents is 1. The monoisotopic (exact) mass is 365 g/mol. The molecule has 2 atom stereocenters. The summed E-state index contributed by atoms with van der Waals surface area (Å²) in [6.45, 7) is 4.28. The van der Waals surface area contributed by atoms with Crippen molar-refractivity contribution < 1.29 is 14.6 Å². The lowest BCUT2D eigenvalue weighted by Gasteiger charge is -2.27. The number of ether oxygens (including phenoxy) is 2. The lowest BCUT2D eigenvalue weighted by atomic mass is 9.84. The molecule has 4 rings (SSSR count). The fourth-order valence-corrected chi connectivity index (χ4v) is 4.35. The zero-order chi connectivity index (χ0) is 19.2. The minimum Gasteiger partial charge on any atom is -0.508 e. The summed E-state index contributed by atoms with van der Waals surface area (Å²) in [4.78, 5) is 0. The van der Waals surface area contributed by atoms with Crippen LogP contribution in [0.4, 0.5) is 0 Å². The maximum absolute atomic E-state index is 10.6. The Balaban J connectivity index is 1.92. The van der Waals surface area contributed by atoms with Gasteiger partial charge in [-0.05, 0) is 56.5 Å². The van der Waals surface area contributed by atoms with E-state index in [9.17, 15) is 5.11 Å². The summed E-state index contributed by atoms with van der Waals surface area (Å²) in [5.74, 6) is 1.11. The third kappa shape index (κ3) is 3.19. The van der Waals surface area contributed by atoms with Gasteiger partial charge in [0.05, 0.1) is 18.8 Å². The van der Waals surface area contributed by atoms with E-state index in [4.69, 9.17) is 9.47 Å². The van der Waals surface area contributed by atoms with Gasteiger partial charge in [0.2, 0.25) is 0 Å². The largest absolute Gasteiger partial charge is 0.508 e. The molecule has 0 saturated carbocycles. The van der Waals surface area contributed by atoms with E-state index in [0.29, 0.717) is 5.75 Å². The third-order valence-corrected chi connectivity index (χ3v) is 5.71. The summed E-state index contributed by atoms with van der Waals surface area (Å²) in [6, 6.07) is 13.8. The molecule has 1 fully saturated rings. The maximum atomic E-state index is 10.6. The van der Waals surface area contributed by atoms with Gasteiger partial charge in [-0.25, -0.2) is 0 Å². The molecule has 0 amide bonds. The summed E-state index contributed by atoms with van der Waals surface area (Å²) in [7, 11) is 3.74. The van der Waals surface area contributed by atoms with E-state index in [-0.39, 0.29) is 17.6 Å². The first-order valence-electron chi connectivity index (χ1n) is 9.48. The minimum atomic E-state index is -0.143. The third-order valence-electron chi connectivity index (χ3n) is 5.71. The van der Waals surface area contributed by atoms with Gasteiger partial charge in [-0.3, -0.25) is 0 Å². The van der Waals surface area contributed by atoms with Crippen molar-refractivity contribution in [3.63, 3.8) is 0 Å². The number of phenols is 1. The molecule has 4 heteroatoms. The van der Waals surface area contributed by atoms with Crippen LogP contribution in [0.5, 0.6) is 11.5 Å². The van der Waals surface area contributed by atoms with Gasteiger partial charge in [0.15, 0.2) is 0 Å². The van der Waals surface area contributed by atoms with Gasteiger partial charge in [0.1, 0.15) is 11.5 Å². The van der Waals surface area contributed by atoms with Gasteiger partial charge < -0.3 is 19.1 Å². The van der Waals surface area contributed by atoms with Gasteiger partial charge in [-0.2, -0.15) is 0 Å². The summed E-state index contributed by atoms with van der Waals surface area (Å²) < 4.78 is 14.0. The average molecular weight is 365 g/mol. The molecule has 0 radical (unpaired) electrons. The van der Waals surface area contributed by atoms with E-state index in [1.165, 1.54) is 0 Å². The van der Waals surface area contributed by atoms with Crippen LogP contribution >= 0.6 is 0 Å². The molecule has 0 spiro atoms. The van der Waals surface area contributed by atoms with E-state index in [0.717, 1.165) is 40.6 Å². The van der Waals surface area contributed by atoms with Crippen LogP contribution < -0.4 is 4.74 Å². The smallest absolute Gasteiger partial charge is 0.119 e. The van der Waals surface area contributed by atoms with Crippen LogP contribution in [-0.4, -0.2) is 28.5 Å². The maximum Gasteiger partial charge on any atom is 0.119 e. The predicted molar refractivity (Wildman–Crippen MR) is 108 cm³/mol. The number of fused-ring (bicyclic) bond motifs is 1. The van der Waals surface area contributed by atoms with Crippen molar-refractivity contribution in [2.24, 2.45) is 7.05 Å². The van der Waals surface area contributed by atoms with Gasteiger partial charge in [0, 0.05) is 35.6 Å². The molecule has 1 saturated heterocycles. The van der Waals surface area contributed by atoms with E-state index >= 15 is 0 Å². The summed E-state index contributed by atoms with van der Waals surface area (Å²) in [6.07, 6.45) is 4.16. The molecule has 0 bridgehead atoms. The Morgan fingerprint density at radius 3 is 2.63 bits per heavy atom. The zero-order valence-corrected chi connectivity index (χ0v) is 16.4. The molecule has 3 aromatic rings. The van der Waals surface area contributed by atoms with E-state index in [2.05, 4.69) is 43.8 Å².